The summed E-state index contributed by atoms with van der Waals surface area (Å²) in [5, 5.41) is -0.265. The van der Waals surface area contributed by atoms with E-state index < -0.39 is 11.6 Å². The Bertz CT molecular complexity index is 265. The molecule has 0 aromatic heterocycles. The van der Waals surface area contributed by atoms with Crippen molar-refractivity contribution in [1.82, 2.24) is 0 Å². The molecule has 0 radical (unpaired) electrons. The van der Waals surface area contributed by atoms with E-state index >= 15 is 0 Å². The van der Waals surface area contributed by atoms with Gasteiger partial charge in [-0.05, 0) is 6.92 Å². The molecule has 1 nitrogen and oxygen atoms in total. The molecule has 0 aliphatic rings. The summed E-state index contributed by atoms with van der Waals surface area (Å²) in [7, 11) is 0. The van der Waals surface area contributed by atoms with Gasteiger partial charge in [0.1, 0.15) is 5.75 Å². The number of halogens is 3. The van der Waals surface area contributed by atoms with E-state index in [4.69, 9.17) is 16.3 Å². The maximum Gasteiger partial charge on any atom is 0.177 e. The maximum atomic E-state index is 12.6. The van der Waals surface area contributed by atoms with E-state index in [2.05, 4.69) is 0 Å². The van der Waals surface area contributed by atoms with E-state index in [9.17, 15) is 8.78 Å². The summed E-state index contributed by atoms with van der Waals surface area (Å²) in [5.74, 6) is -1.80. The molecule has 0 aliphatic carbocycles. The summed E-state index contributed by atoms with van der Waals surface area (Å²) in [6.07, 6.45) is 0. The zero-order chi connectivity index (χ0) is 9.14. The number of hydrogen-bond donors (Lipinski definition) is 0. The zero-order valence-electron chi connectivity index (χ0n) is 6.40. The van der Waals surface area contributed by atoms with Gasteiger partial charge in [0.2, 0.25) is 0 Å². The van der Waals surface area contributed by atoms with Gasteiger partial charge in [0.05, 0.1) is 11.6 Å². The van der Waals surface area contributed by atoms with Crippen LogP contribution in [0.4, 0.5) is 8.78 Å². The highest BCUT2D eigenvalue weighted by molar-refractivity contribution is 6.30. The highest BCUT2D eigenvalue weighted by Gasteiger charge is 2.08. The van der Waals surface area contributed by atoms with Gasteiger partial charge in [0, 0.05) is 12.1 Å². The molecule has 0 spiro atoms. The summed E-state index contributed by atoms with van der Waals surface area (Å²) < 4.78 is 30.1. The van der Waals surface area contributed by atoms with Gasteiger partial charge in [-0.15, -0.1) is 0 Å². The minimum atomic E-state index is -1.04. The Kier molecular flexibility index (Phi) is 2.87. The molecule has 1 aromatic rings. The summed E-state index contributed by atoms with van der Waals surface area (Å²) in [4.78, 5) is 0. The van der Waals surface area contributed by atoms with Gasteiger partial charge >= 0.3 is 0 Å². The molecular weight excluding hydrogens is 186 g/mol. The van der Waals surface area contributed by atoms with Crippen molar-refractivity contribution in [3.63, 3.8) is 0 Å². The fraction of sp³-hybridized carbons (Fsp3) is 0.250. The Balaban J connectivity index is 3.04. The Morgan fingerprint density at radius 3 is 2.58 bits per heavy atom. The molecule has 0 aliphatic heterocycles. The maximum absolute atomic E-state index is 12.6. The first-order valence-corrected chi connectivity index (χ1v) is 3.80. The Hall–Kier alpha value is -0.830. The molecule has 0 atom stereocenters. The summed E-state index contributed by atoms with van der Waals surface area (Å²) in [6.45, 7) is 2.14. The van der Waals surface area contributed by atoms with Crippen LogP contribution in [-0.2, 0) is 0 Å². The summed E-state index contributed by atoms with van der Waals surface area (Å²) >= 11 is 5.36. The Labute approximate surface area is 73.9 Å². The molecule has 0 unspecified atom stereocenters. The topological polar surface area (TPSA) is 9.23 Å². The van der Waals surface area contributed by atoms with Crippen molar-refractivity contribution < 1.29 is 13.5 Å². The summed E-state index contributed by atoms with van der Waals surface area (Å²) in [6, 6.07) is 2.20. The van der Waals surface area contributed by atoms with Crippen LogP contribution in [0, 0.1) is 11.6 Å². The number of rotatable bonds is 2. The largest absolute Gasteiger partial charge is 0.494 e. The van der Waals surface area contributed by atoms with Crippen LogP contribution in [0.3, 0.4) is 0 Å². The van der Waals surface area contributed by atoms with Gasteiger partial charge in [0.15, 0.2) is 11.6 Å². The average molecular weight is 193 g/mol. The van der Waals surface area contributed by atoms with Crippen molar-refractivity contribution in [3.05, 3.63) is 28.8 Å². The van der Waals surface area contributed by atoms with Crippen LogP contribution in [0.1, 0.15) is 6.92 Å². The lowest BCUT2D eigenvalue weighted by atomic mass is 10.3. The number of benzene rings is 1. The minimum Gasteiger partial charge on any atom is -0.494 e. The van der Waals surface area contributed by atoms with Crippen LogP contribution in [0.25, 0.3) is 0 Å². The third-order valence-electron chi connectivity index (χ3n) is 1.27. The Morgan fingerprint density at radius 2 is 2.08 bits per heavy atom. The second-order valence-corrected chi connectivity index (χ2v) is 2.54. The van der Waals surface area contributed by atoms with Crippen LogP contribution in [0.15, 0.2) is 12.1 Å². The molecular formula is C8H7ClF2O. The zero-order valence-corrected chi connectivity index (χ0v) is 7.16. The predicted octanol–water partition coefficient (Wildman–Crippen LogP) is 3.02. The number of ether oxygens (including phenoxy) is 1. The van der Waals surface area contributed by atoms with E-state index in [0.29, 0.717) is 6.61 Å². The van der Waals surface area contributed by atoms with Gasteiger partial charge in [-0.25, -0.2) is 8.78 Å². The standard InChI is InChI=1S/C8H7ClF2O/c1-2-12-5-3-6(9)8(11)7(10)4-5/h3-4H,2H2,1H3. The van der Waals surface area contributed by atoms with E-state index in [-0.39, 0.29) is 10.8 Å². The molecule has 0 fully saturated rings. The molecule has 0 amide bonds. The van der Waals surface area contributed by atoms with Gasteiger partial charge in [-0.3, -0.25) is 0 Å². The molecule has 1 rings (SSSR count). The van der Waals surface area contributed by atoms with Crippen molar-refractivity contribution in [2.75, 3.05) is 6.61 Å². The number of hydrogen-bond acceptors (Lipinski definition) is 1. The fourth-order valence-corrected chi connectivity index (χ4v) is 0.980. The lowest BCUT2D eigenvalue weighted by Gasteiger charge is -2.03. The highest BCUT2D eigenvalue weighted by Crippen LogP contribution is 2.24. The van der Waals surface area contributed by atoms with Crippen molar-refractivity contribution in [2.45, 2.75) is 6.92 Å². The van der Waals surface area contributed by atoms with Crippen LogP contribution in [-0.4, -0.2) is 6.61 Å². The van der Waals surface area contributed by atoms with Crippen LogP contribution >= 0.6 is 11.6 Å². The molecule has 1 aromatic carbocycles. The van der Waals surface area contributed by atoms with E-state index in [1.807, 2.05) is 0 Å². The van der Waals surface area contributed by atoms with Crippen molar-refractivity contribution in [1.29, 1.82) is 0 Å². The van der Waals surface area contributed by atoms with Crippen molar-refractivity contribution in [2.24, 2.45) is 0 Å². The van der Waals surface area contributed by atoms with Crippen LogP contribution in [0.5, 0.6) is 5.75 Å². The first kappa shape index (κ1) is 9.26. The van der Waals surface area contributed by atoms with E-state index in [1.165, 1.54) is 6.07 Å². The summed E-state index contributed by atoms with van der Waals surface area (Å²) in [5.41, 5.74) is 0. The minimum absolute atomic E-state index is 0.237. The monoisotopic (exact) mass is 192 g/mol. The molecule has 0 saturated carbocycles. The second kappa shape index (κ2) is 3.72. The van der Waals surface area contributed by atoms with Crippen molar-refractivity contribution in [3.8, 4) is 5.75 Å². The van der Waals surface area contributed by atoms with Gasteiger partial charge < -0.3 is 4.74 Å². The van der Waals surface area contributed by atoms with Crippen LogP contribution in [0.2, 0.25) is 5.02 Å². The predicted molar refractivity (Wildman–Crippen MR) is 42.5 cm³/mol. The Morgan fingerprint density at radius 1 is 1.42 bits per heavy atom. The van der Waals surface area contributed by atoms with Crippen molar-refractivity contribution >= 4 is 11.6 Å². The quantitative estimate of drug-likeness (QED) is 0.655. The van der Waals surface area contributed by atoms with Gasteiger partial charge in [0.25, 0.3) is 0 Å². The molecule has 0 saturated heterocycles. The first-order valence-electron chi connectivity index (χ1n) is 3.42. The van der Waals surface area contributed by atoms with Crippen LogP contribution < -0.4 is 4.74 Å². The second-order valence-electron chi connectivity index (χ2n) is 2.13. The van der Waals surface area contributed by atoms with Gasteiger partial charge in [-0.2, -0.15) is 0 Å². The molecule has 0 N–H and O–H groups in total. The molecule has 0 heterocycles. The lowest BCUT2D eigenvalue weighted by Crippen LogP contribution is -1.94. The molecule has 66 valence electrons. The van der Waals surface area contributed by atoms with Gasteiger partial charge in [-0.1, -0.05) is 11.6 Å². The molecule has 0 bridgehead atoms. The fourth-order valence-electron chi connectivity index (χ4n) is 0.782. The smallest absolute Gasteiger partial charge is 0.177 e. The highest BCUT2D eigenvalue weighted by atomic mass is 35.5. The third kappa shape index (κ3) is 1.85. The SMILES string of the molecule is CCOc1cc(F)c(F)c(Cl)c1. The van der Waals surface area contributed by atoms with E-state index in [1.54, 1.807) is 6.92 Å². The lowest BCUT2D eigenvalue weighted by molar-refractivity contribution is 0.336. The normalized spacial score (nSPS) is 10.0. The average Bonchev–Trinajstić information content (AvgIpc) is 2.01. The van der Waals surface area contributed by atoms with E-state index in [0.717, 1.165) is 6.07 Å². The molecule has 4 heteroatoms. The first-order chi connectivity index (χ1) is 5.65. The molecule has 12 heavy (non-hydrogen) atoms. The third-order valence-corrected chi connectivity index (χ3v) is 1.54.